The fourth-order valence-electron chi connectivity index (χ4n) is 3.96. The Morgan fingerprint density at radius 1 is 0.742 bits per heavy atom. The quantitative estimate of drug-likeness (QED) is 0.196. The Balaban J connectivity index is 1.44. The zero-order valence-electron chi connectivity index (χ0n) is 17.5. The van der Waals surface area contributed by atoms with Crippen LogP contribution in [-0.2, 0) is 4.79 Å². The van der Waals surface area contributed by atoms with Gasteiger partial charge in [-0.05, 0) is 42.2 Å². The minimum absolute atomic E-state index is 0.0180. The van der Waals surface area contributed by atoms with Gasteiger partial charge in [0.1, 0.15) is 5.75 Å². The lowest BCUT2D eigenvalue weighted by molar-refractivity contribution is -0.140. The highest BCUT2D eigenvalue weighted by Gasteiger charge is 2.23. The van der Waals surface area contributed by atoms with E-state index in [-0.39, 0.29) is 17.7 Å². The highest BCUT2D eigenvalue weighted by Crippen LogP contribution is 2.27. The molecule has 0 amide bonds. The topological polar surface area (TPSA) is 43.4 Å². The van der Waals surface area contributed by atoms with E-state index < -0.39 is 0 Å². The van der Waals surface area contributed by atoms with Gasteiger partial charge < -0.3 is 4.74 Å². The number of hydrogen-bond acceptors (Lipinski definition) is 3. The summed E-state index contributed by atoms with van der Waals surface area (Å²) in [7, 11) is 0. The molecule has 1 aliphatic rings. The maximum atomic E-state index is 12.7. The molecule has 0 atom stereocenters. The van der Waals surface area contributed by atoms with Crippen molar-refractivity contribution in [3.63, 3.8) is 0 Å². The number of carbonyl (C=O) groups is 2. The molecule has 0 aliphatic heterocycles. The minimum Gasteiger partial charge on any atom is -0.426 e. The summed E-state index contributed by atoms with van der Waals surface area (Å²) in [6.45, 7) is 0. The molecule has 0 saturated heterocycles. The summed E-state index contributed by atoms with van der Waals surface area (Å²) in [6.07, 6.45) is 8.40. The number of allylic oxidation sites excluding steroid dienone is 1. The first-order valence-corrected chi connectivity index (χ1v) is 10.9. The van der Waals surface area contributed by atoms with E-state index >= 15 is 0 Å². The van der Waals surface area contributed by atoms with Crippen molar-refractivity contribution >= 4 is 17.8 Å². The van der Waals surface area contributed by atoms with Crippen LogP contribution in [0.3, 0.4) is 0 Å². The number of benzene rings is 3. The maximum absolute atomic E-state index is 12.7. The van der Waals surface area contributed by atoms with Gasteiger partial charge in [-0.15, -0.1) is 0 Å². The van der Waals surface area contributed by atoms with Gasteiger partial charge in [0.25, 0.3) is 0 Å². The zero-order valence-corrected chi connectivity index (χ0v) is 17.5. The van der Waals surface area contributed by atoms with Crippen LogP contribution in [0, 0.1) is 5.92 Å². The predicted molar refractivity (Wildman–Crippen MR) is 124 cm³/mol. The number of para-hydroxylation sites is 1. The Hall–Kier alpha value is -3.46. The van der Waals surface area contributed by atoms with E-state index in [1.54, 1.807) is 12.1 Å². The van der Waals surface area contributed by atoms with Crippen LogP contribution in [0.5, 0.6) is 5.75 Å². The van der Waals surface area contributed by atoms with E-state index in [0.29, 0.717) is 11.3 Å². The summed E-state index contributed by atoms with van der Waals surface area (Å²) in [5.74, 6) is 0.230. The average molecular weight is 411 g/mol. The van der Waals surface area contributed by atoms with Crippen molar-refractivity contribution < 1.29 is 14.3 Å². The fourth-order valence-corrected chi connectivity index (χ4v) is 3.96. The molecule has 0 N–H and O–H groups in total. The molecule has 156 valence electrons. The highest BCUT2D eigenvalue weighted by atomic mass is 16.5. The van der Waals surface area contributed by atoms with Crippen molar-refractivity contribution in [1.82, 2.24) is 0 Å². The Bertz CT molecular complexity index is 1060. The number of ketones is 1. The molecule has 3 heteroatoms. The average Bonchev–Trinajstić information content (AvgIpc) is 2.84. The summed E-state index contributed by atoms with van der Waals surface area (Å²) >= 11 is 0. The molecule has 0 heterocycles. The highest BCUT2D eigenvalue weighted by molar-refractivity contribution is 6.07. The van der Waals surface area contributed by atoms with Gasteiger partial charge in [-0.2, -0.15) is 0 Å². The summed E-state index contributed by atoms with van der Waals surface area (Å²) in [5, 5.41) is 0. The minimum atomic E-state index is -0.164. The van der Waals surface area contributed by atoms with Gasteiger partial charge in [0.2, 0.25) is 0 Å². The van der Waals surface area contributed by atoms with E-state index in [4.69, 9.17) is 4.74 Å². The third kappa shape index (κ3) is 5.37. The molecule has 0 bridgehead atoms. The van der Waals surface area contributed by atoms with Gasteiger partial charge in [-0.25, -0.2) is 0 Å². The van der Waals surface area contributed by atoms with Gasteiger partial charge in [0, 0.05) is 11.1 Å². The molecule has 3 aromatic carbocycles. The second kappa shape index (κ2) is 10.0. The van der Waals surface area contributed by atoms with Gasteiger partial charge in [0.15, 0.2) is 5.78 Å². The summed E-state index contributed by atoms with van der Waals surface area (Å²) in [5.41, 5.74) is 3.53. The second-order valence-electron chi connectivity index (χ2n) is 7.93. The lowest BCUT2D eigenvalue weighted by atomic mass is 9.89. The molecule has 0 aromatic heterocycles. The van der Waals surface area contributed by atoms with E-state index in [2.05, 4.69) is 0 Å². The Labute approximate surface area is 183 Å². The molecule has 0 spiro atoms. The molecule has 1 aliphatic carbocycles. The lowest BCUT2D eigenvalue weighted by Gasteiger charge is -2.20. The summed E-state index contributed by atoms with van der Waals surface area (Å²) in [4.78, 5) is 25.2. The molecule has 1 saturated carbocycles. The van der Waals surface area contributed by atoms with Crippen molar-refractivity contribution in [2.24, 2.45) is 5.92 Å². The molecular formula is C28H26O3. The first-order valence-electron chi connectivity index (χ1n) is 10.9. The van der Waals surface area contributed by atoms with Crippen molar-refractivity contribution in [3.8, 4) is 16.9 Å². The van der Waals surface area contributed by atoms with Crippen LogP contribution in [0.25, 0.3) is 17.2 Å². The number of hydrogen-bond donors (Lipinski definition) is 0. The van der Waals surface area contributed by atoms with E-state index in [0.717, 1.165) is 42.4 Å². The standard InChI is InChI=1S/C28H26O3/c29-26(23-17-15-22(16-18-23)21-9-3-1-4-10-21)20-19-24-11-7-8-14-27(24)31-28(30)25-12-5-2-6-13-25/h1,3-4,7-11,14-20,25H,2,5-6,12-13H2. The number of ether oxygens (including phenoxy) is 1. The zero-order chi connectivity index (χ0) is 21.5. The van der Waals surface area contributed by atoms with E-state index in [1.807, 2.05) is 72.8 Å². The Morgan fingerprint density at radius 2 is 1.39 bits per heavy atom. The molecule has 3 aromatic rings. The SMILES string of the molecule is O=C(C=Cc1ccccc1OC(=O)C1CCCCC1)c1ccc(-c2ccccc2)cc1. The second-order valence-corrected chi connectivity index (χ2v) is 7.93. The van der Waals surface area contributed by atoms with Crippen LogP contribution < -0.4 is 4.74 Å². The van der Waals surface area contributed by atoms with E-state index in [1.165, 1.54) is 12.5 Å². The van der Waals surface area contributed by atoms with Crippen molar-refractivity contribution in [1.29, 1.82) is 0 Å². The van der Waals surface area contributed by atoms with Crippen LogP contribution in [0.1, 0.15) is 48.0 Å². The predicted octanol–water partition coefficient (Wildman–Crippen LogP) is 6.74. The van der Waals surface area contributed by atoms with Crippen LogP contribution in [0.4, 0.5) is 0 Å². The van der Waals surface area contributed by atoms with Gasteiger partial charge >= 0.3 is 5.97 Å². The lowest BCUT2D eigenvalue weighted by Crippen LogP contribution is -2.23. The van der Waals surface area contributed by atoms with E-state index in [9.17, 15) is 9.59 Å². The van der Waals surface area contributed by atoms with Crippen LogP contribution in [0.2, 0.25) is 0 Å². The van der Waals surface area contributed by atoms with Crippen molar-refractivity contribution in [3.05, 3.63) is 96.1 Å². The van der Waals surface area contributed by atoms with Crippen molar-refractivity contribution in [2.75, 3.05) is 0 Å². The monoisotopic (exact) mass is 410 g/mol. The molecule has 0 radical (unpaired) electrons. The molecule has 0 unspecified atom stereocenters. The Kier molecular flexibility index (Phi) is 6.73. The smallest absolute Gasteiger partial charge is 0.314 e. The largest absolute Gasteiger partial charge is 0.426 e. The van der Waals surface area contributed by atoms with Gasteiger partial charge in [0.05, 0.1) is 5.92 Å². The van der Waals surface area contributed by atoms with Crippen LogP contribution >= 0.6 is 0 Å². The number of esters is 1. The van der Waals surface area contributed by atoms with Crippen LogP contribution in [0.15, 0.2) is 84.9 Å². The van der Waals surface area contributed by atoms with Crippen LogP contribution in [-0.4, -0.2) is 11.8 Å². The number of rotatable bonds is 6. The van der Waals surface area contributed by atoms with Gasteiger partial charge in [-0.1, -0.05) is 92.1 Å². The fraction of sp³-hybridized carbons (Fsp3) is 0.214. The first-order chi connectivity index (χ1) is 15.2. The van der Waals surface area contributed by atoms with Gasteiger partial charge in [-0.3, -0.25) is 9.59 Å². The third-order valence-corrected chi connectivity index (χ3v) is 5.76. The summed E-state index contributed by atoms with van der Waals surface area (Å²) < 4.78 is 5.69. The first kappa shape index (κ1) is 20.8. The summed E-state index contributed by atoms with van der Waals surface area (Å²) in [6, 6.07) is 25.0. The third-order valence-electron chi connectivity index (χ3n) is 5.76. The molecule has 31 heavy (non-hydrogen) atoms. The molecule has 3 nitrogen and oxygen atoms in total. The molecular weight excluding hydrogens is 384 g/mol. The molecule has 1 fully saturated rings. The molecule has 4 rings (SSSR count). The van der Waals surface area contributed by atoms with Crippen molar-refractivity contribution in [2.45, 2.75) is 32.1 Å². The maximum Gasteiger partial charge on any atom is 0.314 e. The Morgan fingerprint density at radius 3 is 2.13 bits per heavy atom. The normalized spacial score (nSPS) is 14.5. The number of carbonyl (C=O) groups excluding carboxylic acids is 2.